The minimum absolute atomic E-state index is 0. The van der Waals surface area contributed by atoms with Crippen LogP contribution in [0.15, 0.2) is 72.8 Å². The molecule has 206 valence electrons. The molecular weight excluding hydrogens is 521 g/mol. The minimum atomic E-state index is -0.0674. The quantitative estimate of drug-likeness (QED) is 0.339. The molecule has 0 unspecified atom stereocenters. The molecule has 1 saturated heterocycles. The zero-order chi connectivity index (χ0) is 25.7. The van der Waals surface area contributed by atoms with Crippen LogP contribution in [0, 0.1) is 12.8 Å². The van der Waals surface area contributed by atoms with Crippen molar-refractivity contribution in [1.29, 1.82) is 0 Å². The Hall–Kier alpha value is -2.93. The van der Waals surface area contributed by atoms with Crippen molar-refractivity contribution in [2.24, 2.45) is 5.92 Å². The number of carbonyl (C=O) groups is 1. The van der Waals surface area contributed by atoms with E-state index in [0.717, 1.165) is 43.2 Å². The van der Waals surface area contributed by atoms with Crippen LogP contribution >= 0.6 is 24.8 Å². The van der Waals surface area contributed by atoms with Crippen molar-refractivity contribution >= 4 is 36.4 Å². The van der Waals surface area contributed by atoms with Crippen LogP contribution in [0.3, 0.4) is 0 Å². The molecule has 1 aliphatic rings. The lowest BCUT2D eigenvalue weighted by atomic mass is 10.0. The average molecular weight is 561 g/mol. The molecule has 0 spiro atoms. The number of carbonyl (C=O) groups excluding carboxylic acids is 1. The SMILES string of the molecule is Cc1cccc(Oc2ccc(C(=O)N[C@H](CN3CCN(c4cccc(O)c4)[C@@H](C)C3)C(C)C)cc2)c1.Cl.Cl. The molecule has 1 fully saturated rings. The maximum absolute atomic E-state index is 13.0. The molecular formula is C30H39Cl2N3O3. The summed E-state index contributed by atoms with van der Waals surface area (Å²) in [4.78, 5) is 17.8. The van der Waals surface area contributed by atoms with Gasteiger partial charge in [-0.1, -0.05) is 32.0 Å². The number of hydrogen-bond acceptors (Lipinski definition) is 5. The van der Waals surface area contributed by atoms with Crippen molar-refractivity contribution < 1.29 is 14.6 Å². The Balaban J connectivity index is 0.00000253. The van der Waals surface area contributed by atoms with Crippen LogP contribution in [0.5, 0.6) is 17.2 Å². The molecule has 1 aliphatic heterocycles. The van der Waals surface area contributed by atoms with Gasteiger partial charge >= 0.3 is 0 Å². The third-order valence-corrected chi connectivity index (χ3v) is 6.79. The number of phenols is 1. The monoisotopic (exact) mass is 559 g/mol. The first-order chi connectivity index (χ1) is 17.3. The Morgan fingerprint density at radius 1 is 1.00 bits per heavy atom. The summed E-state index contributed by atoms with van der Waals surface area (Å²) in [6, 6.07) is 23.0. The zero-order valence-electron chi connectivity index (χ0n) is 22.5. The second-order valence-electron chi connectivity index (χ2n) is 10.1. The number of phenolic OH excluding ortho intramolecular Hbond substituents is 1. The fraction of sp³-hybridized carbons (Fsp3) is 0.367. The Morgan fingerprint density at radius 3 is 2.34 bits per heavy atom. The standard InChI is InChI=1S/C30H37N3O3.2ClH/c1-21(2)29(20-32-15-16-33(23(4)19-32)25-8-6-9-26(34)18-25)31-30(35)24-11-13-27(14-12-24)36-28-10-5-7-22(3)17-28;;/h5-14,17-18,21,23,29,34H,15-16,19-20H2,1-4H3,(H,31,35);2*1H/t23-,29+;;/m0../s1. The van der Waals surface area contributed by atoms with E-state index in [2.05, 4.69) is 35.9 Å². The molecule has 3 aromatic rings. The molecule has 2 N–H and O–H groups in total. The van der Waals surface area contributed by atoms with E-state index in [1.807, 2.05) is 73.7 Å². The second-order valence-corrected chi connectivity index (χ2v) is 10.1. The number of amides is 1. The lowest BCUT2D eigenvalue weighted by molar-refractivity contribution is 0.0903. The average Bonchev–Trinajstić information content (AvgIpc) is 2.84. The number of nitrogens with zero attached hydrogens (tertiary/aromatic N) is 2. The molecule has 1 amide bonds. The molecule has 4 rings (SSSR count). The molecule has 0 aromatic heterocycles. The molecule has 0 aliphatic carbocycles. The highest BCUT2D eigenvalue weighted by Gasteiger charge is 2.27. The van der Waals surface area contributed by atoms with Crippen molar-refractivity contribution in [2.45, 2.75) is 39.8 Å². The van der Waals surface area contributed by atoms with Gasteiger partial charge in [-0.15, -0.1) is 24.8 Å². The predicted octanol–water partition coefficient (Wildman–Crippen LogP) is 6.30. The van der Waals surface area contributed by atoms with E-state index in [-0.39, 0.29) is 36.8 Å². The van der Waals surface area contributed by atoms with E-state index in [1.54, 1.807) is 6.07 Å². The van der Waals surface area contributed by atoms with E-state index in [4.69, 9.17) is 4.74 Å². The van der Waals surface area contributed by atoms with E-state index in [1.165, 1.54) is 0 Å². The largest absolute Gasteiger partial charge is 0.508 e. The van der Waals surface area contributed by atoms with Crippen LogP contribution in [0.1, 0.15) is 36.7 Å². The van der Waals surface area contributed by atoms with Gasteiger partial charge in [-0.25, -0.2) is 0 Å². The van der Waals surface area contributed by atoms with Crippen molar-refractivity contribution in [3.63, 3.8) is 0 Å². The van der Waals surface area contributed by atoms with Gasteiger partial charge in [-0.3, -0.25) is 9.69 Å². The first kappa shape index (κ1) is 31.3. The van der Waals surface area contributed by atoms with E-state index >= 15 is 0 Å². The molecule has 0 saturated carbocycles. The molecule has 1 heterocycles. The number of benzene rings is 3. The summed E-state index contributed by atoms with van der Waals surface area (Å²) in [5, 5.41) is 13.1. The highest BCUT2D eigenvalue weighted by Crippen LogP contribution is 2.25. The number of ether oxygens (including phenoxy) is 1. The number of anilines is 1. The summed E-state index contributed by atoms with van der Waals surface area (Å²) in [5.41, 5.74) is 2.81. The highest BCUT2D eigenvalue weighted by molar-refractivity contribution is 5.94. The first-order valence-corrected chi connectivity index (χ1v) is 12.7. The molecule has 2 atom stereocenters. The third kappa shape index (κ3) is 8.29. The Morgan fingerprint density at radius 2 is 1.71 bits per heavy atom. The summed E-state index contributed by atoms with van der Waals surface area (Å²) in [6.07, 6.45) is 0. The summed E-state index contributed by atoms with van der Waals surface area (Å²) in [6.45, 7) is 12.0. The first-order valence-electron chi connectivity index (χ1n) is 12.7. The van der Waals surface area contributed by atoms with Gasteiger partial charge in [0.25, 0.3) is 5.91 Å². The molecule has 6 nitrogen and oxygen atoms in total. The number of hydrogen-bond donors (Lipinski definition) is 2. The lowest BCUT2D eigenvalue weighted by Gasteiger charge is -2.42. The molecule has 38 heavy (non-hydrogen) atoms. The normalized spacial score (nSPS) is 16.2. The smallest absolute Gasteiger partial charge is 0.251 e. The van der Waals surface area contributed by atoms with Gasteiger partial charge in [-0.05, 0) is 73.9 Å². The third-order valence-electron chi connectivity index (χ3n) is 6.79. The Kier molecular flexibility index (Phi) is 11.8. The van der Waals surface area contributed by atoms with Crippen LogP contribution in [0.25, 0.3) is 0 Å². The molecule has 8 heteroatoms. The number of rotatable bonds is 8. The number of aryl methyl sites for hydroxylation is 1. The molecule has 0 radical (unpaired) electrons. The maximum atomic E-state index is 13.0. The van der Waals surface area contributed by atoms with Crippen molar-refractivity contribution in [3.05, 3.63) is 83.9 Å². The maximum Gasteiger partial charge on any atom is 0.251 e. The number of halogens is 2. The van der Waals surface area contributed by atoms with Crippen LogP contribution < -0.4 is 15.0 Å². The lowest BCUT2D eigenvalue weighted by Crippen LogP contribution is -2.56. The van der Waals surface area contributed by atoms with Gasteiger partial charge in [0.2, 0.25) is 0 Å². The minimum Gasteiger partial charge on any atom is -0.508 e. The van der Waals surface area contributed by atoms with Crippen LogP contribution in [0.4, 0.5) is 5.69 Å². The Bertz CT molecular complexity index is 1170. The van der Waals surface area contributed by atoms with E-state index in [9.17, 15) is 9.90 Å². The van der Waals surface area contributed by atoms with Gasteiger partial charge in [0, 0.05) is 55.6 Å². The zero-order valence-corrected chi connectivity index (χ0v) is 24.1. The van der Waals surface area contributed by atoms with Crippen molar-refractivity contribution in [2.75, 3.05) is 31.1 Å². The number of aromatic hydroxyl groups is 1. The van der Waals surface area contributed by atoms with Gasteiger partial charge < -0.3 is 20.1 Å². The second kappa shape index (κ2) is 14.3. The summed E-state index contributed by atoms with van der Waals surface area (Å²) >= 11 is 0. The van der Waals surface area contributed by atoms with Crippen LogP contribution in [0.2, 0.25) is 0 Å². The fourth-order valence-electron chi connectivity index (χ4n) is 4.70. The Labute approximate surface area is 238 Å². The molecule has 0 bridgehead atoms. The predicted molar refractivity (Wildman–Crippen MR) is 160 cm³/mol. The van der Waals surface area contributed by atoms with Gasteiger partial charge in [0.05, 0.1) is 0 Å². The topological polar surface area (TPSA) is 65.0 Å². The van der Waals surface area contributed by atoms with Crippen LogP contribution in [-0.4, -0.2) is 54.2 Å². The van der Waals surface area contributed by atoms with Crippen LogP contribution in [-0.2, 0) is 0 Å². The highest BCUT2D eigenvalue weighted by atomic mass is 35.5. The van der Waals surface area contributed by atoms with Crippen molar-refractivity contribution in [3.8, 4) is 17.2 Å². The van der Waals surface area contributed by atoms with Gasteiger partial charge in [0.1, 0.15) is 17.2 Å². The number of piperazine rings is 1. The fourth-order valence-corrected chi connectivity index (χ4v) is 4.70. The summed E-state index contributed by atoms with van der Waals surface area (Å²) < 4.78 is 5.91. The molecule has 3 aromatic carbocycles. The summed E-state index contributed by atoms with van der Waals surface area (Å²) in [7, 11) is 0. The van der Waals surface area contributed by atoms with Gasteiger partial charge in [0.15, 0.2) is 0 Å². The van der Waals surface area contributed by atoms with Crippen molar-refractivity contribution in [1.82, 2.24) is 10.2 Å². The summed E-state index contributed by atoms with van der Waals surface area (Å²) in [5.74, 6) is 2.01. The van der Waals surface area contributed by atoms with E-state index in [0.29, 0.717) is 29.0 Å². The van der Waals surface area contributed by atoms with Gasteiger partial charge in [-0.2, -0.15) is 0 Å². The number of nitrogens with one attached hydrogen (secondary N) is 1. The van der Waals surface area contributed by atoms with E-state index < -0.39 is 0 Å².